The molecule has 0 unspecified atom stereocenters. The molecule has 0 fully saturated rings. The molecule has 0 heterocycles. The van der Waals surface area contributed by atoms with Gasteiger partial charge in [0.25, 0.3) is 5.91 Å². The number of hydrazone groups is 1. The summed E-state index contributed by atoms with van der Waals surface area (Å²) >= 11 is 3.35. The average molecular weight is 335 g/mol. The third-order valence-corrected chi connectivity index (χ3v) is 3.20. The van der Waals surface area contributed by atoms with E-state index in [2.05, 4.69) is 26.5 Å². The third-order valence-electron chi connectivity index (χ3n) is 2.67. The highest BCUT2D eigenvalue weighted by atomic mass is 79.9. The van der Waals surface area contributed by atoms with Gasteiger partial charge in [0.05, 0.1) is 5.71 Å². The van der Waals surface area contributed by atoms with Crippen LogP contribution < -0.4 is 5.43 Å². The average Bonchev–Trinajstić information content (AvgIpc) is 2.45. The van der Waals surface area contributed by atoms with Gasteiger partial charge in [-0.1, -0.05) is 34.1 Å². The first-order chi connectivity index (χ1) is 9.56. The van der Waals surface area contributed by atoms with E-state index in [0.29, 0.717) is 5.71 Å². The van der Waals surface area contributed by atoms with Gasteiger partial charge in [0.2, 0.25) is 0 Å². The molecule has 0 aliphatic carbocycles. The Morgan fingerprint density at radius 2 is 1.85 bits per heavy atom. The second-order valence-electron chi connectivity index (χ2n) is 4.16. The Hall–Kier alpha value is -2.01. The molecule has 5 heteroatoms. The molecule has 0 aromatic heterocycles. The number of carbonyl (C=O) groups is 1. The summed E-state index contributed by atoms with van der Waals surface area (Å²) in [7, 11) is 0. The Balaban J connectivity index is 2.08. The van der Waals surface area contributed by atoms with Gasteiger partial charge >= 0.3 is 0 Å². The quantitative estimate of drug-likeness (QED) is 0.674. The first-order valence-corrected chi connectivity index (χ1v) is 6.72. The fraction of sp³-hybridized carbons (Fsp3) is 0.0667. The van der Waals surface area contributed by atoms with Crippen molar-refractivity contribution in [1.82, 2.24) is 5.43 Å². The topological polar surface area (TPSA) is 41.5 Å². The minimum Gasteiger partial charge on any atom is -0.267 e. The zero-order valence-corrected chi connectivity index (χ0v) is 12.3. The second kappa shape index (κ2) is 6.43. The number of nitrogens with one attached hydrogen (secondary N) is 1. The molecule has 2 aromatic carbocycles. The lowest BCUT2D eigenvalue weighted by Crippen LogP contribution is -2.19. The van der Waals surface area contributed by atoms with Crippen molar-refractivity contribution in [2.75, 3.05) is 0 Å². The van der Waals surface area contributed by atoms with Crippen LogP contribution in [0.1, 0.15) is 22.8 Å². The standard InChI is InChI=1S/C15H12BrFN2O/c1-10(11-5-7-13(16)8-6-11)18-19-15(20)12-3-2-4-14(17)9-12/h2-9H,1H3,(H,19,20). The van der Waals surface area contributed by atoms with Crippen LogP contribution in [0.15, 0.2) is 58.1 Å². The molecule has 102 valence electrons. The molecule has 20 heavy (non-hydrogen) atoms. The monoisotopic (exact) mass is 334 g/mol. The minimum atomic E-state index is -0.453. The van der Waals surface area contributed by atoms with E-state index >= 15 is 0 Å². The van der Waals surface area contributed by atoms with E-state index in [1.54, 1.807) is 6.92 Å². The van der Waals surface area contributed by atoms with Crippen LogP contribution in [0.2, 0.25) is 0 Å². The molecule has 0 spiro atoms. The van der Waals surface area contributed by atoms with Crippen LogP contribution in [0, 0.1) is 5.82 Å². The summed E-state index contributed by atoms with van der Waals surface area (Å²) in [6.07, 6.45) is 0. The molecule has 0 aliphatic rings. The number of halogens is 2. The highest BCUT2D eigenvalue weighted by Crippen LogP contribution is 2.11. The number of amides is 1. The van der Waals surface area contributed by atoms with Crippen LogP contribution in [0.3, 0.4) is 0 Å². The number of hydrogen-bond acceptors (Lipinski definition) is 2. The molecule has 1 amide bonds. The van der Waals surface area contributed by atoms with E-state index in [0.717, 1.165) is 10.0 Å². The first kappa shape index (κ1) is 14.4. The Labute approximate surface area is 124 Å². The summed E-state index contributed by atoms with van der Waals surface area (Å²) < 4.78 is 14.0. The van der Waals surface area contributed by atoms with Crippen molar-refractivity contribution < 1.29 is 9.18 Å². The van der Waals surface area contributed by atoms with Gasteiger partial charge in [-0.15, -0.1) is 0 Å². The number of benzene rings is 2. The summed E-state index contributed by atoms with van der Waals surface area (Å²) in [6, 6.07) is 13.0. The van der Waals surface area contributed by atoms with Crippen molar-refractivity contribution in [3.05, 3.63) is 69.9 Å². The smallest absolute Gasteiger partial charge is 0.267 e. The lowest BCUT2D eigenvalue weighted by Gasteiger charge is -2.03. The molecule has 0 saturated heterocycles. The summed E-state index contributed by atoms with van der Waals surface area (Å²) in [5, 5.41) is 4.01. The van der Waals surface area contributed by atoms with Gasteiger partial charge < -0.3 is 0 Å². The third kappa shape index (κ3) is 3.74. The van der Waals surface area contributed by atoms with Gasteiger partial charge in [-0.3, -0.25) is 4.79 Å². The Morgan fingerprint density at radius 1 is 1.15 bits per heavy atom. The van der Waals surface area contributed by atoms with Gasteiger partial charge in [0.15, 0.2) is 0 Å². The number of nitrogens with zero attached hydrogens (tertiary/aromatic N) is 1. The number of rotatable bonds is 3. The van der Waals surface area contributed by atoms with Crippen LogP contribution in [0.4, 0.5) is 4.39 Å². The van der Waals surface area contributed by atoms with Crippen molar-refractivity contribution in [3.63, 3.8) is 0 Å². The molecule has 3 nitrogen and oxygen atoms in total. The van der Waals surface area contributed by atoms with Gasteiger partial charge in [-0.2, -0.15) is 5.10 Å². The number of carbonyl (C=O) groups excluding carboxylic acids is 1. The van der Waals surface area contributed by atoms with Crippen LogP contribution in [-0.2, 0) is 0 Å². The molecule has 0 atom stereocenters. The van der Waals surface area contributed by atoms with Gasteiger partial charge in [0.1, 0.15) is 5.82 Å². The molecule has 0 radical (unpaired) electrons. The Morgan fingerprint density at radius 3 is 2.50 bits per heavy atom. The molecule has 0 saturated carbocycles. The van der Waals surface area contributed by atoms with Crippen LogP contribution in [0.25, 0.3) is 0 Å². The molecular formula is C15H12BrFN2O. The van der Waals surface area contributed by atoms with Gasteiger partial charge in [-0.25, -0.2) is 9.82 Å². The van der Waals surface area contributed by atoms with Crippen molar-refractivity contribution in [2.45, 2.75) is 6.92 Å². The van der Waals surface area contributed by atoms with Crippen molar-refractivity contribution in [3.8, 4) is 0 Å². The Bertz CT molecular complexity index is 653. The maximum absolute atomic E-state index is 13.0. The molecule has 2 rings (SSSR count). The zero-order valence-electron chi connectivity index (χ0n) is 10.7. The van der Waals surface area contributed by atoms with Crippen molar-refractivity contribution >= 4 is 27.5 Å². The predicted octanol–water partition coefficient (Wildman–Crippen LogP) is 3.74. The van der Waals surface area contributed by atoms with Crippen LogP contribution in [-0.4, -0.2) is 11.6 Å². The zero-order chi connectivity index (χ0) is 14.5. The SMILES string of the molecule is CC(=NNC(=O)c1cccc(F)c1)c1ccc(Br)cc1. The maximum Gasteiger partial charge on any atom is 0.271 e. The number of hydrogen-bond donors (Lipinski definition) is 1. The molecule has 2 aromatic rings. The first-order valence-electron chi connectivity index (χ1n) is 5.92. The van der Waals surface area contributed by atoms with E-state index in [9.17, 15) is 9.18 Å². The summed E-state index contributed by atoms with van der Waals surface area (Å²) in [6.45, 7) is 1.79. The van der Waals surface area contributed by atoms with Crippen molar-refractivity contribution in [1.29, 1.82) is 0 Å². The summed E-state index contributed by atoms with van der Waals surface area (Å²) in [5.41, 5.74) is 4.21. The summed E-state index contributed by atoms with van der Waals surface area (Å²) in [5.74, 6) is -0.896. The fourth-order valence-electron chi connectivity index (χ4n) is 1.58. The predicted molar refractivity (Wildman–Crippen MR) is 80.2 cm³/mol. The van der Waals surface area contributed by atoms with E-state index < -0.39 is 11.7 Å². The normalized spacial score (nSPS) is 11.2. The molecule has 1 N–H and O–H groups in total. The van der Waals surface area contributed by atoms with E-state index in [4.69, 9.17) is 0 Å². The van der Waals surface area contributed by atoms with Gasteiger partial charge in [-0.05, 0) is 42.8 Å². The van der Waals surface area contributed by atoms with Crippen LogP contribution in [0.5, 0.6) is 0 Å². The lowest BCUT2D eigenvalue weighted by molar-refractivity contribution is 0.0954. The minimum absolute atomic E-state index is 0.234. The largest absolute Gasteiger partial charge is 0.271 e. The maximum atomic E-state index is 13.0. The van der Waals surface area contributed by atoms with Crippen molar-refractivity contribution in [2.24, 2.45) is 5.10 Å². The Kier molecular flexibility index (Phi) is 4.63. The molecule has 0 bridgehead atoms. The summed E-state index contributed by atoms with van der Waals surface area (Å²) in [4.78, 5) is 11.8. The second-order valence-corrected chi connectivity index (χ2v) is 5.07. The highest BCUT2D eigenvalue weighted by Gasteiger charge is 2.05. The van der Waals surface area contributed by atoms with Crippen LogP contribution >= 0.6 is 15.9 Å². The highest BCUT2D eigenvalue weighted by molar-refractivity contribution is 9.10. The van der Waals surface area contributed by atoms with Gasteiger partial charge in [0, 0.05) is 10.0 Å². The molecular weight excluding hydrogens is 323 g/mol. The molecule has 0 aliphatic heterocycles. The fourth-order valence-corrected chi connectivity index (χ4v) is 1.85. The lowest BCUT2D eigenvalue weighted by atomic mass is 10.1. The van der Waals surface area contributed by atoms with E-state index in [1.165, 1.54) is 24.3 Å². The van der Waals surface area contributed by atoms with E-state index in [-0.39, 0.29) is 5.56 Å². The van der Waals surface area contributed by atoms with E-state index in [1.807, 2.05) is 24.3 Å².